The Morgan fingerprint density at radius 2 is 1.66 bits per heavy atom. The minimum atomic E-state index is -4.66. The third-order valence-corrected chi connectivity index (χ3v) is 5.83. The summed E-state index contributed by atoms with van der Waals surface area (Å²) in [7, 11) is -4.24. The van der Waals surface area contributed by atoms with Crippen LogP contribution in [0, 0.1) is 20.8 Å². The van der Waals surface area contributed by atoms with Gasteiger partial charge in [-0.2, -0.15) is 13.2 Å². The molecule has 2 aromatic rings. The number of hydrogen-bond donors (Lipinski definition) is 2. The van der Waals surface area contributed by atoms with Crippen LogP contribution in [-0.2, 0) is 27.4 Å². The number of carbonyl (C=O) groups excluding carboxylic acids is 1. The summed E-state index contributed by atoms with van der Waals surface area (Å²) < 4.78 is 64.6. The van der Waals surface area contributed by atoms with E-state index in [0.29, 0.717) is 19.0 Å². The SMILES string of the molecule is Cc1cc(C)c(CCNC(=O)CNS(=O)(=O)c2cccc(C(F)(F)F)c2)c(C)c1. The second kappa shape index (κ2) is 8.96. The summed E-state index contributed by atoms with van der Waals surface area (Å²) in [6.45, 7) is 5.72. The first-order valence-electron chi connectivity index (χ1n) is 8.90. The van der Waals surface area contributed by atoms with E-state index in [1.165, 1.54) is 0 Å². The number of nitrogens with one attached hydrogen (secondary N) is 2. The van der Waals surface area contributed by atoms with Crippen molar-refractivity contribution < 1.29 is 26.4 Å². The number of aryl methyl sites for hydroxylation is 3. The van der Waals surface area contributed by atoms with Gasteiger partial charge in [-0.15, -0.1) is 0 Å². The summed E-state index contributed by atoms with van der Waals surface area (Å²) in [5.74, 6) is -0.567. The van der Waals surface area contributed by atoms with E-state index in [1.54, 1.807) is 0 Å². The fraction of sp³-hybridized carbons (Fsp3) is 0.350. The molecule has 0 fully saturated rings. The maximum atomic E-state index is 12.7. The Bertz CT molecular complexity index is 979. The molecule has 0 bridgehead atoms. The first kappa shape index (κ1) is 22.9. The molecule has 2 N–H and O–H groups in total. The minimum absolute atomic E-state index is 0.314. The van der Waals surface area contributed by atoms with Gasteiger partial charge in [-0.3, -0.25) is 4.79 Å². The lowest BCUT2D eigenvalue weighted by Crippen LogP contribution is -2.37. The lowest BCUT2D eigenvalue weighted by Gasteiger charge is -2.13. The Morgan fingerprint density at radius 3 is 2.24 bits per heavy atom. The first-order chi connectivity index (χ1) is 13.4. The molecule has 29 heavy (non-hydrogen) atoms. The quantitative estimate of drug-likeness (QED) is 0.711. The fourth-order valence-corrected chi connectivity index (χ4v) is 4.10. The summed E-state index contributed by atoms with van der Waals surface area (Å²) in [5, 5.41) is 2.61. The average Bonchev–Trinajstić information content (AvgIpc) is 2.61. The molecule has 158 valence electrons. The van der Waals surface area contributed by atoms with Crippen molar-refractivity contribution in [1.82, 2.24) is 10.0 Å². The molecular formula is C20H23F3N2O3S. The maximum absolute atomic E-state index is 12.7. The van der Waals surface area contributed by atoms with Gasteiger partial charge in [-0.25, -0.2) is 13.1 Å². The number of halogens is 3. The monoisotopic (exact) mass is 428 g/mol. The summed E-state index contributed by atoms with van der Waals surface area (Å²) >= 11 is 0. The van der Waals surface area contributed by atoms with Gasteiger partial charge in [0.15, 0.2) is 0 Å². The topological polar surface area (TPSA) is 75.3 Å². The molecule has 0 aromatic heterocycles. The second-order valence-electron chi connectivity index (χ2n) is 6.83. The predicted octanol–water partition coefficient (Wildman–Crippen LogP) is 3.27. The highest BCUT2D eigenvalue weighted by atomic mass is 32.2. The van der Waals surface area contributed by atoms with Crippen LogP contribution in [0.4, 0.5) is 13.2 Å². The molecule has 0 aliphatic carbocycles. The average molecular weight is 428 g/mol. The van der Waals surface area contributed by atoms with Gasteiger partial charge < -0.3 is 5.32 Å². The van der Waals surface area contributed by atoms with Crippen LogP contribution in [0.2, 0.25) is 0 Å². The molecular weight excluding hydrogens is 405 g/mol. The van der Waals surface area contributed by atoms with Crippen molar-refractivity contribution in [3.8, 4) is 0 Å². The van der Waals surface area contributed by atoms with Crippen LogP contribution in [0.5, 0.6) is 0 Å². The number of amides is 1. The van der Waals surface area contributed by atoms with E-state index in [2.05, 4.69) is 5.32 Å². The number of alkyl halides is 3. The van der Waals surface area contributed by atoms with Crippen LogP contribution in [0.15, 0.2) is 41.3 Å². The Balaban J connectivity index is 1.92. The van der Waals surface area contributed by atoms with Gasteiger partial charge >= 0.3 is 6.18 Å². The number of benzene rings is 2. The van der Waals surface area contributed by atoms with Crippen LogP contribution in [0.3, 0.4) is 0 Å². The van der Waals surface area contributed by atoms with Gasteiger partial charge in [0.25, 0.3) is 0 Å². The molecule has 0 aliphatic rings. The van der Waals surface area contributed by atoms with Crippen LogP contribution < -0.4 is 10.0 Å². The van der Waals surface area contributed by atoms with Crippen LogP contribution in [-0.4, -0.2) is 27.4 Å². The van der Waals surface area contributed by atoms with E-state index in [-0.39, 0.29) is 0 Å². The molecule has 0 radical (unpaired) electrons. The van der Waals surface area contributed by atoms with Gasteiger partial charge in [0, 0.05) is 6.54 Å². The Morgan fingerprint density at radius 1 is 1.03 bits per heavy atom. The largest absolute Gasteiger partial charge is 0.416 e. The molecule has 0 atom stereocenters. The van der Waals surface area contributed by atoms with E-state index in [1.807, 2.05) is 37.6 Å². The molecule has 1 amide bonds. The molecule has 2 aromatic carbocycles. The zero-order chi connectivity index (χ0) is 21.8. The predicted molar refractivity (Wildman–Crippen MR) is 104 cm³/mol. The van der Waals surface area contributed by atoms with E-state index < -0.39 is 39.1 Å². The van der Waals surface area contributed by atoms with Crippen molar-refractivity contribution >= 4 is 15.9 Å². The van der Waals surface area contributed by atoms with E-state index in [4.69, 9.17) is 0 Å². The van der Waals surface area contributed by atoms with Gasteiger partial charge in [0.05, 0.1) is 17.0 Å². The molecule has 0 aliphatic heterocycles. The molecule has 9 heteroatoms. The Kier molecular flexibility index (Phi) is 7.07. The minimum Gasteiger partial charge on any atom is -0.355 e. The molecule has 2 rings (SSSR count). The summed E-state index contributed by atoms with van der Waals surface area (Å²) in [4.78, 5) is 11.4. The first-order valence-corrected chi connectivity index (χ1v) is 10.4. The highest BCUT2D eigenvalue weighted by Crippen LogP contribution is 2.30. The Hall–Kier alpha value is -2.39. The molecule has 5 nitrogen and oxygen atoms in total. The number of hydrogen-bond acceptors (Lipinski definition) is 3. The van der Waals surface area contributed by atoms with Crippen LogP contribution in [0.25, 0.3) is 0 Å². The van der Waals surface area contributed by atoms with Gasteiger partial charge in [0.1, 0.15) is 0 Å². The smallest absolute Gasteiger partial charge is 0.355 e. The third-order valence-electron chi connectivity index (χ3n) is 4.43. The van der Waals surface area contributed by atoms with Crippen LogP contribution >= 0.6 is 0 Å². The van der Waals surface area contributed by atoms with E-state index >= 15 is 0 Å². The zero-order valence-electron chi connectivity index (χ0n) is 16.4. The number of rotatable bonds is 7. The standard InChI is InChI=1S/C20H23F3N2O3S/c1-13-9-14(2)18(15(3)10-13)7-8-24-19(26)12-25-29(27,28)17-6-4-5-16(11-17)20(21,22)23/h4-6,9-11,25H,7-8,12H2,1-3H3,(H,24,26). The molecule has 0 saturated carbocycles. The summed E-state index contributed by atoms with van der Waals surface area (Å²) in [6, 6.07) is 7.45. The molecule has 0 heterocycles. The van der Waals surface area contributed by atoms with Crippen molar-refractivity contribution in [2.75, 3.05) is 13.1 Å². The van der Waals surface area contributed by atoms with Crippen molar-refractivity contribution in [2.24, 2.45) is 0 Å². The fourth-order valence-electron chi connectivity index (χ4n) is 3.08. The van der Waals surface area contributed by atoms with Crippen molar-refractivity contribution in [1.29, 1.82) is 0 Å². The Labute approximate surface area is 168 Å². The van der Waals surface area contributed by atoms with Gasteiger partial charge in [-0.1, -0.05) is 23.8 Å². The number of sulfonamides is 1. The highest BCUT2D eigenvalue weighted by Gasteiger charge is 2.31. The lowest BCUT2D eigenvalue weighted by molar-refractivity contribution is -0.137. The summed E-state index contributed by atoms with van der Waals surface area (Å²) in [6.07, 6.45) is -4.07. The van der Waals surface area contributed by atoms with Crippen LogP contribution in [0.1, 0.15) is 27.8 Å². The maximum Gasteiger partial charge on any atom is 0.416 e. The van der Waals surface area contributed by atoms with Crippen molar-refractivity contribution in [3.63, 3.8) is 0 Å². The lowest BCUT2D eigenvalue weighted by atomic mass is 9.97. The normalized spacial score (nSPS) is 12.1. The molecule has 0 spiro atoms. The van der Waals surface area contributed by atoms with Gasteiger partial charge in [-0.05, 0) is 62.1 Å². The van der Waals surface area contributed by atoms with Gasteiger partial charge in [0.2, 0.25) is 15.9 Å². The van der Waals surface area contributed by atoms with Crippen molar-refractivity contribution in [2.45, 2.75) is 38.3 Å². The molecule has 0 saturated heterocycles. The highest BCUT2D eigenvalue weighted by molar-refractivity contribution is 7.89. The zero-order valence-corrected chi connectivity index (χ0v) is 17.2. The third kappa shape index (κ3) is 6.30. The molecule has 0 unspecified atom stereocenters. The van der Waals surface area contributed by atoms with E-state index in [9.17, 15) is 26.4 Å². The number of carbonyl (C=O) groups is 1. The van der Waals surface area contributed by atoms with E-state index in [0.717, 1.165) is 40.5 Å². The summed E-state index contributed by atoms with van der Waals surface area (Å²) in [5.41, 5.74) is 3.41. The second-order valence-corrected chi connectivity index (χ2v) is 8.59. The van der Waals surface area contributed by atoms with Crippen molar-refractivity contribution in [3.05, 3.63) is 64.2 Å².